The summed E-state index contributed by atoms with van der Waals surface area (Å²) < 4.78 is 13.2. The fraction of sp³-hybridized carbons (Fsp3) is 0.581. The van der Waals surface area contributed by atoms with Crippen molar-refractivity contribution in [3.8, 4) is 0 Å². The van der Waals surface area contributed by atoms with Crippen LogP contribution >= 0.6 is 0 Å². The minimum atomic E-state index is -0.659. The van der Waals surface area contributed by atoms with Gasteiger partial charge in [-0.05, 0) is 93.5 Å². The van der Waals surface area contributed by atoms with Gasteiger partial charge in [-0.25, -0.2) is 4.39 Å². The summed E-state index contributed by atoms with van der Waals surface area (Å²) in [6, 6.07) is 19.0. The largest absolute Gasteiger partial charge is 0.480 e. The Morgan fingerprint density at radius 2 is 1.50 bits per heavy atom. The number of carboxylic acid groups (broad SMARTS) is 1. The third kappa shape index (κ3) is 8.14. The second-order valence-corrected chi connectivity index (χ2v) is 11.0. The van der Waals surface area contributed by atoms with Crippen LogP contribution in [-0.2, 0) is 4.79 Å². The van der Waals surface area contributed by atoms with Crippen LogP contribution in [0.1, 0.15) is 75.7 Å². The van der Waals surface area contributed by atoms with Crippen molar-refractivity contribution >= 4 is 5.97 Å². The van der Waals surface area contributed by atoms with E-state index in [0.717, 1.165) is 58.2 Å². The van der Waals surface area contributed by atoms with Gasteiger partial charge in [-0.15, -0.1) is 0 Å². The van der Waals surface area contributed by atoms with E-state index in [1.54, 1.807) is 12.1 Å². The molecule has 3 atom stereocenters. The van der Waals surface area contributed by atoms with E-state index in [1.807, 2.05) is 48.5 Å². The quantitative estimate of drug-likeness (QED) is 0.462. The number of carboxylic acids is 1. The van der Waals surface area contributed by atoms with Gasteiger partial charge >= 0.3 is 5.97 Å². The zero-order valence-corrected chi connectivity index (χ0v) is 21.5. The molecule has 1 aliphatic heterocycles. The molecule has 5 rings (SSSR count). The van der Waals surface area contributed by atoms with Crippen LogP contribution < -0.4 is 5.32 Å². The Morgan fingerprint density at radius 3 is 2.08 bits per heavy atom. The molecule has 3 aliphatic rings. The normalized spacial score (nSPS) is 24.6. The Bertz CT molecular complexity index is 866. The molecule has 1 saturated heterocycles. The van der Waals surface area contributed by atoms with Gasteiger partial charge in [0.15, 0.2) is 0 Å². The Balaban J connectivity index is 0.000000445. The molecule has 0 aromatic heterocycles. The van der Waals surface area contributed by atoms with E-state index >= 15 is 0 Å². The molecule has 36 heavy (non-hydrogen) atoms. The van der Waals surface area contributed by atoms with Crippen molar-refractivity contribution in [3.05, 3.63) is 72.0 Å². The first-order valence-electron chi connectivity index (χ1n) is 14.0. The first kappa shape index (κ1) is 26.8. The van der Waals surface area contributed by atoms with Gasteiger partial charge in [-0.2, -0.15) is 0 Å². The minimum absolute atomic E-state index is 0.158. The highest BCUT2D eigenvalue weighted by atomic mass is 19.1. The molecule has 3 unspecified atom stereocenters. The molecule has 2 N–H and O–H groups in total. The van der Waals surface area contributed by atoms with E-state index in [2.05, 4.69) is 10.2 Å². The van der Waals surface area contributed by atoms with Crippen LogP contribution in [0.2, 0.25) is 0 Å². The number of aliphatic carboxylic acids is 1. The summed E-state index contributed by atoms with van der Waals surface area (Å²) in [4.78, 5) is 14.4. The van der Waals surface area contributed by atoms with Crippen LogP contribution in [-0.4, -0.2) is 47.7 Å². The third-order valence-electron chi connectivity index (χ3n) is 8.46. The van der Waals surface area contributed by atoms with Gasteiger partial charge in [0.2, 0.25) is 0 Å². The van der Waals surface area contributed by atoms with Crippen LogP contribution in [0.25, 0.3) is 0 Å². The molecule has 0 spiro atoms. The number of hydrogen-bond acceptors (Lipinski definition) is 3. The SMILES string of the molecule is O=C(O)C(NC1CCC(CN2CCC(c3ccc(F)cc3)CC2)C1)C1CCCCC1.c1ccccc1. The van der Waals surface area contributed by atoms with Crippen molar-refractivity contribution in [3.63, 3.8) is 0 Å². The van der Waals surface area contributed by atoms with Crippen molar-refractivity contribution in [2.45, 2.75) is 82.2 Å². The highest BCUT2D eigenvalue weighted by Gasteiger charge is 2.34. The van der Waals surface area contributed by atoms with E-state index in [0.29, 0.717) is 23.8 Å². The van der Waals surface area contributed by atoms with Crippen LogP contribution in [0.5, 0.6) is 0 Å². The monoisotopic (exact) mass is 494 g/mol. The molecule has 2 aromatic rings. The summed E-state index contributed by atoms with van der Waals surface area (Å²) in [5, 5.41) is 13.3. The summed E-state index contributed by atoms with van der Waals surface area (Å²) in [6.07, 6.45) is 11.4. The summed E-state index contributed by atoms with van der Waals surface area (Å²) in [6.45, 7) is 3.35. The van der Waals surface area contributed by atoms with E-state index in [1.165, 1.54) is 31.2 Å². The average molecular weight is 495 g/mol. The van der Waals surface area contributed by atoms with Crippen molar-refractivity contribution < 1.29 is 14.3 Å². The highest BCUT2D eigenvalue weighted by molar-refractivity contribution is 5.74. The number of likely N-dealkylation sites (tertiary alicyclic amines) is 1. The van der Waals surface area contributed by atoms with Crippen molar-refractivity contribution in [2.24, 2.45) is 11.8 Å². The van der Waals surface area contributed by atoms with Crippen molar-refractivity contribution in [1.82, 2.24) is 10.2 Å². The lowest BCUT2D eigenvalue weighted by atomic mass is 9.83. The van der Waals surface area contributed by atoms with Crippen LogP contribution in [0.4, 0.5) is 4.39 Å². The summed E-state index contributed by atoms with van der Waals surface area (Å²) in [5.74, 6) is 0.709. The number of piperidine rings is 1. The minimum Gasteiger partial charge on any atom is -0.480 e. The van der Waals surface area contributed by atoms with Crippen LogP contribution in [0.3, 0.4) is 0 Å². The number of nitrogens with one attached hydrogen (secondary N) is 1. The van der Waals surface area contributed by atoms with Gasteiger partial charge in [-0.1, -0.05) is 67.8 Å². The fourth-order valence-corrected chi connectivity index (χ4v) is 6.46. The molecule has 0 amide bonds. The van der Waals surface area contributed by atoms with E-state index in [4.69, 9.17) is 0 Å². The molecule has 3 fully saturated rings. The van der Waals surface area contributed by atoms with Gasteiger partial charge in [0.1, 0.15) is 11.9 Å². The van der Waals surface area contributed by atoms with Gasteiger partial charge < -0.3 is 15.3 Å². The first-order valence-corrected chi connectivity index (χ1v) is 14.0. The van der Waals surface area contributed by atoms with Crippen LogP contribution in [0.15, 0.2) is 60.7 Å². The topological polar surface area (TPSA) is 52.6 Å². The molecule has 0 radical (unpaired) electrons. The molecule has 0 bridgehead atoms. The zero-order chi connectivity index (χ0) is 25.2. The van der Waals surface area contributed by atoms with E-state index in [9.17, 15) is 14.3 Å². The third-order valence-corrected chi connectivity index (χ3v) is 8.46. The second kappa shape index (κ2) is 13.9. The molecule has 2 aromatic carbocycles. The summed E-state index contributed by atoms with van der Waals surface area (Å²) in [7, 11) is 0. The molecule has 5 heteroatoms. The Kier molecular flexibility index (Phi) is 10.4. The van der Waals surface area contributed by atoms with Gasteiger partial charge in [-0.3, -0.25) is 4.79 Å². The maximum absolute atomic E-state index is 13.2. The van der Waals surface area contributed by atoms with Gasteiger partial charge in [0.05, 0.1) is 0 Å². The Morgan fingerprint density at radius 1 is 0.889 bits per heavy atom. The van der Waals surface area contributed by atoms with E-state index < -0.39 is 5.97 Å². The lowest BCUT2D eigenvalue weighted by Gasteiger charge is -2.34. The fourth-order valence-electron chi connectivity index (χ4n) is 6.46. The number of benzene rings is 2. The second-order valence-electron chi connectivity index (χ2n) is 11.0. The number of rotatable bonds is 7. The average Bonchev–Trinajstić information content (AvgIpc) is 3.37. The molecular weight excluding hydrogens is 451 g/mol. The van der Waals surface area contributed by atoms with Crippen molar-refractivity contribution in [2.75, 3.05) is 19.6 Å². The number of carbonyl (C=O) groups is 1. The molecule has 4 nitrogen and oxygen atoms in total. The molecular formula is C31H43FN2O2. The van der Waals surface area contributed by atoms with Gasteiger partial charge in [0.25, 0.3) is 0 Å². The summed E-state index contributed by atoms with van der Waals surface area (Å²) >= 11 is 0. The molecule has 2 aliphatic carbocycles. The van der Waals surface area contributed by atoms with Gasteiger partial charge in [0, 0.05) is 12.6 Å². The highest BCUT2D eigenvalue weighted by Crippen LogP contribution is 2.33. The number of hydrogen-bond donors (Lipinski definition) is 2. The van der Waals surface area contributed by atoms with Crippen LogP contribution in [0, 0.1) is 17.7 Å². The predicted molar refractivity (Wildman–Crippen MR) is 144 cm³/mol. The van der Waals surface area contributed by atoms with E-state index in [-0.39, 0.29) is 11.9 Å². The summed E-state index contributed by atoms with van der Waals surface area (Å²) in [5.41, 5.74) is 1.27. The number of halogens is 1. The Hall–Kier alpha value is -2.24. The first-order chi connectivity index (χ1) is 17.6. The lowest BCUT2D eigenvalue weighted by Crippen LogP contribution is -2.47. The maximum Gasteiger partial charge on any atom is 0.320 e. The number of nitrogens with zero attached hydrogens (tertiary/aromatic N) is 1. The predicted octanol–water partition coefficient (Wildman–Crippen LogP) is 6.48. The Labute approximate surface area is 216 Å². The smallest absolute Gasteiger partial charge is 0.320 e. The molecule has 1 heterocycles. The lowest BCUT2D eigenvalue weighted by molar-refractivity contribution is -0.141. The van der Waals surface area contributed by atoms with Crippen molar-refractivity contribution in [1.29, 1.82) is 0 Å². The maximum atomic E-state index is 13.2. The standard InChI is InChI=1S/C25H37FN2O2.C6H6/c26-22-9-7-19(8-10-22)20-12-14-28(15-13-20)17-18-6-11-23(16-18)27-24(25(29)30)21-4-2-1-3-5-21;1-2-4-6-5-3-1/h7-10,18,20-21,23-24,27H,1-6,11-17H2,(H,29,30);1-6H. The molecule has 196 valence electrons. The molecule has 2 saturated carbocycles. The zero-order valence-electron chi connectivity index (χ0n) is 21.5.